The fraction of sp³-hybridized carbons (Fsp3) is 0.357. The predicted molar refractivity (Wildman–Crippen MR) is 71.9 cm³/mol. The van der Waals surface area contributed by atoms with Gasteiger partial charge < -0.3 is 4.90 Å². The molecule has 0 unspecified atom stereocenters. The number of hydrogen-bond acceptors (Lipinski definition) is 4. The van der Waals surface area contributed by atoms with Crippen LogP contribution >= 0.6 is 0 Å². The second-order valence-corrected chi connectivity index (χ2v) is 4.69. The lowest BCUT2D eigenvalue weighted by atomic mass is 10.00. The van der Waals surface area contributed by atoms with Gasteiger partial charge in [-0.05, 0) is 26.0 Å². The van der Waals surface area contributed by atoms with Crippen LogP contribution in [0.1, 0.15) is 25.1 Å². The van der Waals surface area contributed by atoms with E-state index in [1.54, 1.807) is 6.20 Å². The summed E-state index contributed by atoms with van der Waals surface area (Å²) in [5, 5.41) is 0. The number of anilines is 1. The molecule has 0 amide bonds. The molecule has 0 saturated heterocycles. The van der Waals surface area contributed by atoms with Crippen molar-refractivity contribution < 1.29 is 0 Å². The summed E-state index contributed by atoms with van der Waals surface area (Å²) in [5.74, 6) is 0. The lowest BCUT2D eigenvalue weighted by molar-refractivity contribution is 0.741. The molecule has 1 heterocycles. The number of rotatable bonds is 4. The van der Waals surface area contributed by atoms with Crippen LogP contribution in [0, 0.1) is 0 Å². The van der Waals surface area contributed by atoms with Crippen LogP contribution in [-0.2, 0) is 6.42 Å². The molecule has 18 heavy (non-hydrogen) atoms. The van der Waals surface area contributed by atoms with E-state index in [0.717, 1.165) is 5.69 Å². The summed E-state index contributed by atoms with van der Waals surface area (Å²) in [6.45, 7) is 3.98. The van der Waals surface area contributed by atoms with E-state index < -0.39 is 0 Å². The summed E-state index contributed by atoms with van der Waals surface area (Å²) in [5.41, 5.74) is 1.18. The van der Waals surface area contributed by atoms with Gasteiger partial charge in [0.2, 0.25) is 10.9 Å². The highest BCUT2D eigenvalue weighted by Crippen LogP contribution is 2.18. The van der Waals surface area contributed by atoms with E-state index in [1.165, 1.54) is 0 Å². The summed E-state index contributed by atoms with van der Waals surface area (Å²) < 4.78 is 0. The molecular weight excluding hydrogens is 228 g/mol. The molecule has 94 valence electrons. The van der Waals surface area contributed by atoms with E-state index in [-0.39, 0.29) is 16.9 Å². The first kappa shape index (κ1) is 12.5. The Balaban J connectivity index is 2.33. The first-order valence-corrected chi connectivity index (χ1v) is 5.97. The lowest BCUT2D eigenvalue weighted by Gasteiger charge is -2.26. The van der Waals surface area contributed by atoms with Crippen LogP contribution in [0.2, 0.25) is 0 Å². The van der Waals surface area contributed by atoms with E-state index in [9.17, 15) is 9.59 Å². The van der Waals surface area contributed by atoms with Crippen molar-refractivity contribution in [2.24, 2.45) is 0 Å². The number of pyridine rings is 1. The molecule has 0 aliphatic carbocycles. The molecule has 0 fully saturated rings. The summed E-state index contributed by atoms with van der Waals surface area (Å²) in [6.07, 6.45) is 2.12. The van der Waals surface area contributed by atoms with Crippen LogP contribution in [0.25, 0.3) is 0 Å². The van der Waals surface area contributed by atoms with Crippen molar-refractivity contribution in [1.29, 1.82) is 0 Å². The van der Waals surface area contributed by atoms with Crippen molar-refractivity contribution in [3.05, 3.63) is 56.1 Å². The van der Waals surface area contributed by atoms with Gasteiger partial charge in [0, 0.05) is 37.0 Å². The molecule has 0 aliphatic heterocycles. The lowest BCUT2D eigenvalue weighted by Crippen LogP contribution is -2.44. The standard InChI is InChI=1S/C14H16N2O2/c1-9(2)16(3)12-11(13(17)14(12)18)8-10-6-4-5-7-15-10/h4-7,9H,8H2,1-3H3. The Kier molecular flexibility index (Phi) is 3.28. The largest absolute Gasteiger partial charge is 0.369 e. The molecule has 0 saturated carbocycles. The Bertz CT molecular complexity index is 610. The van der Waals surface area contributed by atoms with Gasteiger partial charge in [-0.3, -0.25) is 14.6 Å². The minimum atomic E-state index is -0.378. The van der Waals surface area contributed by atoms with E-state index in [2.05, 4.69) is 4.98 Å². The highest BCUT2D eigenvalue weighted by atomic mass is 16.2. The van der Waals surface area contributed by atoms with Crippen LogP contribution in [0.5, 0.6) is 0 Å². The van der Waals surface area contributed by atoms with Crippen molar-refractivity contribution in [3.63, 3.8) is 0 Å². The Morgan fingerprint density at radius 2 is 1.94 bits per heavy atom. The molecule has 2 aromatic rings. The Labute approximate surface area is 106 Å². The highest BCUT2D eigenvalue weighted by molar-refractivity contribution is 5.59. The van der Waals surface area contributed by atoms with E-state index in [1.807, 2.05) is 44.0 Å². The highest BCUT2D eigenvalue weighted by Gasteiger charge is 2.25. The Morgan fingerprint density at radius 1 is 1.22 bits per heavy atom. The first-order valence-electron chi connectivity index (χ1n) is 5.97. The monoisotopic (exact) mass is 244 g/mol. The zero-order chi connectivity index (χ0) is 13.3. The summed E-state index contributed by atoms with van der Waals surface area (Å²) >= 11 is 0. The smallest absolute Gasteiger partial charge is 0.249 e. The van der Waals surface area contributed by atoms with Gasteiger partial charge in [-0.1, -0.05) is 6.07 Å². The van der Waals surface area contributed by atoms with Crippen LogP contribution in [-0.4, -0.2) is 18.1 Å². The molecule has 0 atom stereocenters. The number of nitrogens with zero attached hydrogens (tertiary/aromatic N) is 2. The van der Waals surface area contributed by atoms with Crippen LogP contribution < -0.4 is 15.8 Å². The van der Waals surface area contributed by atoms with Gasteiger partial charge in [0.25, 0.3) is 0 Å². The van der Waals surface area contributed by atoms with Crippen molar-refractivity contribution >= 4 is 5.69 Å². The van der Waals surface area contributed by atoms with Gasteiger partial charge in [-0.15, -0.1) is 0 Å². The maximum absolute atomic E-state index is 11.6. The average Bonchev–Trinajstić information content (AvgIpc) is 2.38. The van der Waals surface area contributed by atoms with Crippen molar-refractivity contribution in [2.75, 3.05) is 11.9 Å². The third-order valence-corrected chi connectivity index (χ3v) is 3.19. The van der Waals surface area contributed by atoms with Crippen molar-refractivity contribution in [2.45, 2.75) is 26.3 Å². The average molecular weight is 244 g/mol. The minimum absolute atomic E-state index is 0.191. The van der Waals surface area contributed by atoms with Crippen molar-refractivity contribution in [3.8, 4) is 0 Å². The van der Waals surface area contributed by atoms with Gasteiger partial charge in [-0.2, -0.15) is 0 Å². The molecule has 1 aromatic heterocycles. The molecule has 0 aliphatic rings. The van der Waals surface area contributed by atoms with E-state index in [0.29, 0.717) is 17.7 Å². The van der Waals surface area contributed by atoms with Crippen LogP contribution in [0.4, 0.5) is 5.69 Å². The molecule has 4 nitrogen and oxygen atoms in total. The van der Waals surface area contributed by atoms with E-state index >= 15 is 0 Å². The summed E-state index contributed by atoms with van der Waals surface area (Å²) in [7, 11) is 1.84. The Morgan fingerprint density at radius 3 is 2.50 bits per heavy atom. The van der Waals surface area contributed by atoms with Gasteiger partial charge in [0.1, 0.15) is 0 Å². The van der Waals surface area contributed by atoms with Gasteiger partial charge >= 0.3 is 0 Å². The second-order valence-electron chi connectivity index (χ2n) is 4.69. The molecule has 2 rings (SSSR count). The Hall–Kier alpha value is -1.97. The molecule has 0 N–H and O–H groups in total. The summed E-state index contributed by atoms with van der Waals surface area (Å²) in [6, 6.07) is 5.75. The van der Waals surface area contributed by atoms with Crippen molar-refractivity contribution in [1.82, 2.24) is 4.98 Å². The van der Waals surface area contributed by atoms with Gasteiger partial charge in [0.15, 0.2) is 0 Å². The van der Waals surface area contributed by atoms with Gasteiger partial charge in [-0.25, -0.2) is 0 Å². The van der Waals surface area contributed by atoms with Gasteiger partial charge in [0.05, 0.1) is 5.69 Å². The number of hydrogen-bond donors (Lipinski definition) is 0. The predicted octanol–water partition coefficient (Wildman–Crippen LogP) is 1.11. The van der Waals surface area contributed by atoms with E-state index in [4.69, 9.17) is 0 Å². The fourth-order valence-electron chi connectivity index (χ4n) is 1.91. The van der Waals surface area contributed by atoms with Crippen LogP contribution in [0.3, 0.4) is 0 Å². The molecule has 4 heteroatoms. The molecule has 0 bridgehead atoms. The second kappa shape index (κ2) is 4.72. The summed E-state index contributed by atoms with van der Waals surface area (Å²) in [4.78, 5) is 29.3. The third kappa shape index (κ3) is 2.06. The first-order chi connectivity index (χ1) is 8.52. The van der Waals surface area contributed by atoms with Crippen LogP contribution in [0.15, 0.2) is 34.0 Å². The molecule has 0 radical (unpaired) electrons. The quantitative estimate of drug-likeness (QED) is 0.756. The maximum Gasteiger partial charge on any atom is 0.249 e. The third-order valence-electron chi connectivity index (χ3n) is 3.19. The SMILES string of the molecule is CC(C)N(C)c1c(Cc2ccccn2)c(=O)c1=O. The normalized spacial score (nSPS) is 11.1. The molecule has 1 aromatic carbocycles. The minimum Gasteiger partial charge on any atom is -0.369 e. The molecular formula is C14H16N2O2. The number of aromatic nitrogens is 1. The topological polar surface area (TPSA) is 50.3 Å². The molecule has 0 spiro atoms. The maximum atomic E-state index is 11.6. The zero-order valence-corrected chi connectivity index (χ0v) is 10.8. The fourth-order valence-corrected chi connectivity index (χ4v) is 1.91. The zero-order valence-electron chi connectivity index (χ0n) is 10.8.